The lowest BCUT2D eigenvalue weighted by molar-refractivity contribution is 0.416. The molecule has 0 aliphatic heterocycles. The largest absolute Gasteiger partial charge is 0.496 e. The highest BCUT2D eigenvalue weighted by Gasteiger charge is 2.18. The monoisotopic (exact) mass is 360 g/mol. The number of rotatable bonds is 2. The molecule has 112 valence electrons. The minimum Gasteiger partial charge on any atom is -0.496 e. The number of aromatic nitrogens is 1. The van der Waals surface area contributed by atoms with Crippen molar-refractivity contribution in [2.75, 3.05) is 12.8 Å². The summed E-state index contributed by atoms with van der Waals surface area (Å²) in [6, 6.07) is 10.8. The number of fused-ring (bicyclic) bond motifs is 1. The molecule has 2 aromatic carbocycles. The first-order chi connectivity index (χ1) is 10.5. The van der Waals surface area contributed by atoms with Gasteiger partial charge in [0.2, 0.25) is 0 Å². The topological polar surface area (TPSA) is 48.1 Å². The number of methoxy groups -OCH3 is 1. The molecule has 0 bridgehead atoms. The molecule has 2 N–H and O–H groups in total. The highest BCUT2D eigenvalue weighted by atomic mass is 79.9. The predicted molar refractivity (Wildman–Crippen MR) is 90.5 cm³/mol. The van der Waals surface area contributed by atoms with E-state index in [-0.39, 0.29) is 17.2 Å². The van der Waals surface area contributed by atoms with Crippen LogP contribution in [-0.4, -0.2) is 12.1 Å². The molecule has 1 aromatic heterocycles. The van der Waals surface area contributed by atoms with Crippen LogP contribution in [0.1, 0.15) is 5.56 Å². The van der Waals surface area contributed by atoms with E-state index in [1.165, 1.54) is 7.11 Å². The zero-order valence-electron chi connectivity index (χ0n) is 12.2. The van der Waals surface area contributed by atoms with Gasteiger partial charge in [0.1, 0.15) is 17.4 Å². The molecule has 0 saturated heterocycles. The molecule has 0 aliphatic rings. The third kappa shape index (κ3) is 2.41. The molecule has 0 amide bonds. The third-order valence-corrected chi connectivity index (χ3v) is 4.03. The van der Waals surface area contributed by atoms with Gasteiger partial charge in [-0.25, -0.2) is 9.37 Å². The Morgan fingerprint density at radius 2 is 1.95 bits per heavy atom. The number of ether oxygens (including phenoxy) is 1. The molecule has 0 radical (unpaired) electrons. The summed E-state index contributed by atoms with van der Waals surface area (Å²) in [6.07, 6.45) is 0. The Hall–Kier alpha value is -2.14. The standard InChI is InChI=1S/C17H14BrFN2O/c1-9-3-6-13-12(7-9)16(19)15(17(20)21-13)11-5-4-10(18)8-14(11)22-2/h3-8H,1-2H3,(H2,20,21). The highest BCUT2D eigenvalue weighted by Crippen LogP contribution is 2.39. The van der Waals surface area contributed by atoms with Crippen LogP contribution < -0.4 is 10.5 Å². The van der Waals surface area contributed by atoms with Crippen molar-refractivity contribution in [3.63, 3.8) is 0 Å². The number of nitrogens with zero attached hydrogens (tertiary/aromatic N) is 1. The van der Waals surface area contributed by atoms with Crippen molar-refractivity contribution in [3.8, 4) is 16.9 Å². The summed E-state index contributed by atoms with van der Waals surface area (Å²) < 4.78 is 21.2. The fourth-order valence-electron chi connectivity index (χ4n) is 2.48. The zero-order chi connectivity index (χ0) is 15.9. The van der Waals surface area contributed by atoms with E-state index in [4.69, 9.17) is 10.5 Å². The number of hydrogen-bond donors (Lipinski definition) is 1. The van der Waals surface area contributed by atoms with E-state index in [9.17, 15) is 0 Å². The lowest BCUT2D eigenvalue weighted by Gasteiger charge is -2.13. The molecule has 0 atom stereocenters. The molecular weight excluding hydrogens is 347 g/mol. The second-order valence-electron chi connectivity index (χ2n) is 5.05. The number of pyridine rings is 1. The van der Waals surface area contributed by atoms with Gasteiger partial charge >= 0.3 is 0 Å². The van der Waals surface area contributed by atoms with Crippen molar-refractivity contribution in [1.29, 1.82) is 0 Å². The molecule has 0 unspecified atom stereocenters. The normalized spacial score (nSPS) is 10.9. The van der Waals surface area contributed by atoms with Crippen molar-refractivity contribution < 1.29 is 9.13 Å². The maximum atomic E-state index is 15.0. The van der Waals surface area contributed by atoms with E-state index in [0.717, 1.165) is 10.0 Å². The maximum absolute atomic E-state index is 15.0. The average Bonchev–Trinajstić information content (AvgIpc) is 2.49. The minimum absolute atomic E-state index is 0.148. The SMILES string of the molecule is COc1cc(Br)ccc1-c1c(N)nc2ccc(C)cc2c1F. The molecule has 1 heterocycles. The quantitative estimate of drug-likeness (QED) is 0.720. The van der Waals surface area contributed by atoms with Crippen LogP contribution in [0.2, 0.25) is 0 Å². The van der Waals surface area contributed by atoms with Gasteiger partial charge in [-0.15, -0.1) is 0 Å². The van der Waals surface area contributed by atoms with E-state index in [1.807, 2.05) is 19.1 Å². The van der Waals surface area contributed by atoms with Crippen LogP contribution in [0.5, 0.6) is 5.75 Å². The highest BCUT2D eigenvalue weighted by molar-refractivity contribution is 9.10. The Labute approximate surface area is 136 Å². The summed E-state index contributed by atoms with van der Waals surface area (Å²) in [6.45, 7) is 1.91. The molecule has 3 rings (SSSR count). The summed E-state index contributed by atoms with van der Waals surface area (Å²) in [5.41, 5.74) is 8.35. The Morgan fingerprint density at radius 3 is 2.68 bits per heavy atom. The van der Waals surface area contributed by atoms with Crippen LogP contribution in [0.3, 0.4) is 0 Å². The molecule has 0 saturated carbocycles. The number of halogens is 2. The number of nitrogen functional groups attached to an aromatic ring is 1. The molecule has 0 aliphatic carbocycles. The smallest absolute Gasteiger partial charge is 0.144 e. The van der Waals surface area contributed by atoms with Gasteiger partial charge in [0.05, 0.1) is 18.2 Å². The number of aryl methyl sites for hydroxylation is 1. The molecule has 22 heavy (non-hydrogen) atoms. The van der Waals surface area contributed by atoms with Gasteiger partial charge in [-0.3, -0.25) is 0 Å². The molecule has 3 nitrogen and oxygen atoms in total. The van der Waals surface area contributed by atoms with E-state index in [0.29, 0.717) is 22.2 Å². The summed E-state index contributed by atoms with van der Waals surface area (Å²) >= 11 is 3.38. The lowest BCUT2D eigenvalue weighted by atomic mass is 10.0. The van der Waals surface area contributed by atoms with Gasteiger partial charge in [0, 0.05) is 15.4 Å². The summed E-state index contributed by atoms with van der Waals surface area (Å²) in [7, 11) is 1.54. The van der Waals surface area contributed by atoms with Gasteiger partial charge in [-0.2, -0.15) is 0 Å². The summed E-state index contributed by atoms with van der Waals surface area (Å²) in [4.78, 5) is 4.32. The van der Waals surface area contributed by atoms with Crippen molar-refractivity contribution in [2.24, 2.45) is 0 Å². The number of benzene rings is 2. The van der Waals surface area contributed by atoms with Crippen molar-refractivity contribution >= 4 is 32.7 Å². The van der Waals surface area contributed by atoms with E-state index >= 15 is 4.39 Å². The van der Waals surface area contributed by atoms with E-state index < -0.39 is 0 Å². The van der Waals surface area contributed by atoms with Gasteiger partial charge in [0.15, 0.2) is 0 Å². The average molecular weight is 361 g/mol. The van der Waals surface area contributed by atoms with Crippen molar-refractivity contribution in [1.82, 2.24) is 4.98 Å². The van der Waals surface area contributed by atoms with Gasteiger partial charge in [-0.1, -0.05) is 27.6 Å². The first-order valence-electron chi connectivity index (χ1n) is 6.70. The van der Waals surface area contributed by atoms with Crippen LogP contribution in [0.15, 0.2) is 40.9 Å². The zero-order valence-corrected chi connectivity index (χ0v) is 13.7. The lowest BCUT2D eigenvalue weighted by Crippen LogP contribution is -2.01. The van der Waals surface area contributed by atoms with Crippen molar-refractivity contribution in [2.45, 2.75) is 6.92 Å². The molecule has 3 aromatic rings. The number of nitrogens with two attached hydrogens (primary N) is 1. The second-order valence-corrected chi connectivity index (χ2v) is 5.97. The van der Waals surface area contributed by atoms with Crippen LogP contribution in [-0.2, 0) is 0 Å². The third-order valence-electron chi connectivity index (χ3n) is 3.54. The van der Waals surface area contributed by atoms with Gasteiger partial charge in [0.25, 0.3) is 0 Å². The molecular formula is C17H14BrFN2O. The maximum Gasteiger partial charge on any atom is 0.144 e. The van der Waals surface area contributed by atoms with Crippen LogP contribution in [0.4, 0.5) is 10.2 Å². The Kier molecular flexibility index (Phi) is 3.74. The fraction of sp³-hybridized carbons (Fsp3) is 0.118. The van der Waals surface area contributed by atoms with Crippen LogP contribution >= 0.6 is 15.9 Å². The Bertz CT molecular complexity index is 880. The molecule has 0 fully saturated rings. The fourth-order valence-corrected chi connectivity index (χ4v) is 2.82. The molecule has 0 spiro atoms. The first-order valence-corrected chi connectivity index (χ1v) is 7.50. The number of hydrogen-bond acceptors (Lipinski definition) is 3. The van der Waals surface area contributed by atoms with Gasteiger partial charge < -0.3 is 10.5 Å². The Morgan fingerprint density at radius 1 is 1.18 bits per heavy atom. The summed E-state index contributed by atoms with van der Waals surface area (Å²) in [5.74, 6) is 0.301. The first kappa shape index (κ1) is 14.8. The van der Waals surface area contributed by atoms with Crippen LogP contribution in [0.25, 0.3) is 22.0 Å². The summed E-state index contributed by atoms with van der Waals surface area (Å²) in [5, 5.41) is 0.453. The van der Waals surface area contributed by atoms with Gasteiger partial charge in [-0.05, 0) is 37.3 Å². The predicted octanol–water partition coefficient (Wildman–Crippen LogP) is 4.70. The van der Waals surface area contributed by atoms with Crippen LogP contribution in [0, 0.1) is 12.7 Å². The number of anilines is 1. The van der Waals surface area contributed by atoms with E-state index in [1.54, 1.807) is 24.3 Å². The molecule has 5 heteroatoms. The minimum atomic E-state index is -0.383. The van der Waals surface area contributed by atoms with E-state index in [2.05, 4.69) is 20.9 Å². The second kappa shape index (κ2) is 5.57. The van der Waals surface area contributed by atoms with Crippen molar-refractivity contribution in [3.05, 3.63) is 52.3 Å². The Balaban J connectivity index is 2.36.